The molecule has 4 fully saturated rings. The molecule has 1 aromatic rings. The van der Waals surface area contributed by atoms with Crippen LogP contribution in [0.3, 0.4) is 0 Å². The molecule has 3 nitrogen and oxygen atoms in total. The number of halogens is 8. The van der Waals surface area contributed by atoms with Crippen molar-refractivity contribution in [3.8, 4) is 0 Å². The minimum Gasteiger partial charge on any atom is -0.399 e. The summed E-state index contributed by atoms with van der Waals surface area (Å²) in [6.07, 6.45) is 3.04. The number of hydrogen-bond donors (Lipinski definition) is 2. The van der Waals surface area contributed by atoms with Gasteiger partial charge >= 0.3 is 23.9 Å². The van der Waals surface area contributed by atoms with Gasteiger partial charge in [-0.05, 0) is 115 Å². The Labute approximate surface area is 280 Å². The molecule has 9 atom stereocenters. The number of fused-ring (bicyclic) bond motifs is 5. The van der Waals surface area contributed by atoms with E-state index in [1.54, 1.807) is 0 Å². The molecule has 0 heterocycles. The van der Waals surface area contributed by atoms with Crippen LogP contribution in [0.1, 0.15) is 117 Å². The molecule has 274 valence electrons. The quantitative estimate of drug-likeness (QED) is 0.179. The molecule has 0 aliphatic heterocycles. The van der Waals surface area contributed by atoms with Crippen LogP contribution in [0.15, 0.2) is 18.2 Å². The molecule has 4 aliphatic carbocycles. The van der Waals surface area contributed by atoms with E-state index in [4.69, 9.17) is 16.2 Å². The zero-order valence-corrected chi connectivity index (χ0v) is 28.9. The largest absolute Gasteiger partial charge is 0.426 e. The van der Waals surface area contributed by atoms with Crippen molar-refractivity contribution in [1.29, 1.82) is 0 Å². The Morgan fingerprint density at radius 2 is 1.50 bits per heavy atom. The highest BCUT2D eigenvalue weighted by molar-refractivity contribution is 5.58. The first-order valence-electron chi connectivity index (χ1n) is 18.0. The van der Waals surface area contributed by atoms with Crippen molar-refractivity contribution in [3.05, 3.63) is 23.8 Å². The average molecular weight is 695 g/mol. The topological polar surface area (TPSA) is 61.3 Å². The Kier molecular flexibility index (Phi) is 9.97. The lowest BCUT2D eigenvalue weighted by atomic mass is 9.44. The second-order valence-electron chi connectivity index (χ2n) is 16.8. The van der Waals surface area contributed by atoms with E-state index in [0.29, 0.717) is 42.7 Å². The van der Waals surface area contributed by atoms with Gasteiger partial charge in [-0.1, -0.05) is 66.7 Å². The minimum absolute atomic E-state index is 0.0101. The van der Waals surface area contributed by atoms with Crippen molar-refractivity contribution in [2.75, 3.05) is 11.5 Å². The molecule has 4 aliphatic rings. The Hall–Kier alpha value is -1.78. The van der Waals surface area contributed by atoms with Gasteiger partial charge in [0, 0.05) is 11.4 Å². The summed E-state index contributed by atoms with van der Waals surface area (Å²) in [5.74, 6) is -18.3. The maximum atomic E-state index is 15.7. The van der Waals surface area contributed by atoms with Gasteiger partial charge in [-0.25, -0.2) is 0 Å². The Morgan fingerprint density at radius 1 is 0.812 bits per heavy atom. The third-order valence-corrected chi connectivity index (χ3v) is 13.6. The molecule has 48 heavy (non-hydrogen) atoms. The van der Waals surface area contributed by atoms with E-state index in [9.17, 15) is 0 Å². The summed E-state index contributed by atoms with van der Waals surface area (Å²) in [6, 6.07) is 1.80. The minimum atomic E-state index is -6.58. The molecular weight excluding hydrogens is 640 g/mol. The first-order chi connectivity index (χ1) is 22.1. The van der Waals surface area contributed by atoms with Crippen LogP contribution >= 0.6 is 0 Å². The van der Waals surface area contributed by atoms with Gasteiger partial charge in [-0.3, -0.25) is 0 Å². The second-order valence-corrected chi connectivity index (χ2v) is 16.8. The number of hydrogen-bond acceptors (Lipinski definition) is 3. The third-order valence-electron chi connectivity index (χ3n) is 13.6. The molecule has 0 amide bonds. The second kappa shape index (κ2) is 12.8. The lowest BCUT2D eigenvalue weighted by Crippen LogP contribution is -2.62. The van der Waals surface area contributed by atoms with E-state index in [1.165, 1.54) is 12.8 Å². The van der Waals surface area contributed by atoms with Crippen molar-refractivity contribution in [2.24, 2.45) is 52.3 Å². The number of nitrogens with two attached hydrogens (primary N) is 2. The number of nitrogen functional groups attached to an aromatic ring is 2. The number of alkyl halides is 8. The van der Waals surface area contributed by atoms with Crippen molar-refractivity contribution in [1.82, 2.24) is 0 Å². The van der Waals surface area contributed by atoms with Gasteiger partial charge in [-0.15, -0.1) is 0 Å². The Balaban J connectivity index is 1.47. The van der Waals surface area contributed by atoms with Crippen LogP contribution < -0.4 is 11.5 Å². The fourth-order valence-electron chi connectivity index (χ4n) is 11.2. The van der Waals surface area contributed by atoms with E-state index in [1.807, 2.05) is 13.8 Å². The van der Waals surface area contributed by atoms with Gasteiger partial charge in [0.1, 0.15) is 0 Å². The van der Waals surface area contributed by atoms with E-state index in [-0.39, 0.29) is 35.3 Å². The fraction of sp³-hybridized carbons (Fsp3) is 0.838. The van der Waals surface area contributed by atoms with Gasteiger partial charge in [0.25, 0.3) is 0 Å². The van der Waals surface area contributed by atoms with Crippen molar-refractivity contribution >= 4 is 11.4 Å². The summed E-state index contributed by atoms with van der Waals surface area (Å²) in [6.45, 7) is 10.4. The van der Waals surface area contributed by atoms with E-state index >= 15 is 35.1 Å². The van der Waals surface area contributed by atoms with Crippen LogP contribution in [-0.2, 0) is 10.7 Å². The average Bonchev–Trinajstić information content (AvgIpc) is 3.27. The standard InChI is InChI=1S/C37H54F8N2O/c1-21(2)9-8-10-22(3)31-30(20-28-25-14-12-23-11-6-7-17-32(23,4)26(25)16-18-33(28,31)5)48-37(44,45)36(42,43)35(40,41)34(38,39)27-15-13-24(46)19-29(27)47/h13,15,19,21-23,25-26,28,30-31H,6-12,14,16-18,20,46-47H2,1-5H3/t22-,23?,25-,26+,28+,30?,31+,32+,33+/m1/s1. The summed E-state index contributed by atoms with van der Waals surface area (Å²) in [7, 11) is 0. The summed E-state index contributed by atoms with van der Waals surface area (Å²) < 4.78 is 128. The molecule has 2 unspecified atom stereocenters. The molecule has 4 saturated carbocycles. The van der Waals surface area contributed by atoms with Crippen LogP contribution in [0, 0.1) is 52.3 Å². The number of rotatable bonds is 11. The summed E-state index contributed by atoms with van der Waals surface area (Å²) >= 11 is 0. The van der Waals surface area contributed by atoms with Gasteiger partial charge in [0.15, 0.2) is 0 Å². The summed E-state index contributed by atoms with van der Waals surface area (Å²) in [4.78, 5) is 0. The number of ether oxygens (including phenoxy) is 1. The third kappa shape index (κ3) is 5.91. The van der Waals surface area contributed by atoms with Crippen LogP contribution in [0.4, 0.5) is 46.5 Å². The Morgan fingerprint density at radius 3 is 2.15 bits per heavy atom. The van der Waals surface area contributed by atoms with Gasteiger partial charge in [0.2, 0.25) is 0 Å². The SMILES string of the molecule is CC(C)CCC[C@@H](C)[C@H]1C(OC(F)(F)C(F)(F)C(F)(F)C(F)(F)c2ccc(N)cc2N)C[C@H]2[C@@H]3CCC4CCCC[C@]4(C)[C@H]3CC[C@]12C. The van der Waals surface area contributed by atoms with Crippen molar-refractivity contribution in [3.63, 3.8) is 0 Å². The summed E-state index contributed by atoms with van der Waals surface area (Å²) in [5.41, 5.74) is 7.53. The molecule has 0 spiro atoms. The molecule has 11 heteroatoms. The molecule has 1 aromatic carbocycles. The van der Waals surface area contributed by atoms with Gasteiger partial charge in [0.05, 0.1) is 11.7 Å². The Bertz CT molecular complexity index is 1310. The van der Waals surface area contributed by atoms with Crippen LogP contribution in [-0.4, -0.2) is 24.1 Å². The molecule has 0 radical (unpaired) electrons. The first-order valence-corrected chi connectivity index (χ1v) is 18.0. The van der Waals surface area contributed by atoms with E-state index < -0.39 is 52.6 Å². The molecule has 0 aromatic heterocycles. The van der Waals surface area contributed by atoms with Crippen molar-refractivity contribution < 1.29 is 39.9 Å². The van der Waals surface area contributed by atoms with Crippen LogP contribution in [0.25, 0.3) is 0 Å². The number of anilines is 2. The predicted molar refractivity (Wildman–Crippen MR) is 172 cm³/mol. The first kappa shape index (κ1) is 37.5. The lowest BCUT2D eigenvalue weighted by Gasteiger charge is -2.60. The van der Waals surface area contributed by atoms with Gasteiger partial charge < -0.3 is 16.2 Å². The molecule has 0 bridgehead atoms. The maximum Gasteiger partial charge on any atom is 0.426 e. The predicted octanol–water partition coefficient (Wildman–Crippen LogP) is 11.3. The van der Waals surface area contributed by atoms with E-state index in [2.05, 4.69) is 20.8 Å². The van der Waals surface area contributed by atoms with Crippen molar-refractivity contribution in [2.45, 2.75) is 142 Å². The molecule has 4 N–H and O–H groups in total. The lowest BCUT2D eigenvalue weighted by molar-refractivity contribution is -0.439. The summed E-state index contributed by atoms with van der Waals surface area (Å²) in [5, 5.41) is 0. The molecule has 0 saturated heterocycles. The monoisotopic (exact) mass is 694 g/mol. The fourth-order valence-corrected chi connectivity index (χ4v) is 11.2. The zero-order valence-electron chi connectivity index (χ0n) is 28.9. The normalized spacial score (nSPS) is 35.2. The van der Waals surface area contributed by atoms with E-state index in [0.717, 1.165) is 51.0 Å². The number of benzene rings is 1. The maximum absolute atomic E-state index is 15.7. The van der Waals surface area contributed by atoms with Crippen LogP contribution in [0.5, 0.6) is 0 Å². The smallest absolute Gasteiger partial charge is 0.399 e. The highest BCUT2D eigenvalue weighted by Gasteiger charge is 2.83. The highest BCUT2D eigenvalue weighted by atomic mass is 19.4. The highest BCUT2D eigenvalue weighted by Crippen LogP contribution is 2.69. The zero-order chi connectivity index (χ0) is 35.7. The molecule has 5 rings (SSSR count). The van der Waals surface area contributed by atoms with Gasteiger partial charge in [-0.2, -0.15) is 35.1 Å². The van der Waals surface area contributed by atoms with Crippen LogP contribution in [0.2, 0.25) is 0 Å². The molecular formula is C37H54F8N2O.